The molecular formula is C22H23N3O5S. The summed E-state index contributed by atoms with van der Waals surface area (Å²) in [6, 6.07) is 6.80. The van der Waals surface area contributed by atoms with Crippen LogP contribution in [0.4, 0.5) is 5.00 Å². The number of amides is 2. The van der Waals surface area contributed by atoms with Crippen molar-refractivity contribution in [3.8, 4) is 22.8 Å². The van der Waals surface area contributed by atoms with Crippen molar-refractivity contribution >= 4 is 28.2 Å². The molecule has 162 valence electrons. The van der Waals surface area contributed by atoms with Crippen LogP contribution in [0.5, 0.6) is 11.5 Å². The number of hydrogen-bond donors (Lipinski definition) is 2. The summed E-state index contributed by atoms with van der Waals surface area (Å²) in [7, 11) is 3.09. The summed E-state index contributed by atoms with van der Waals surface area (Å²) in [5.41, 5.74) is 7.77. The number of nitrogens with two attached hydrogens (primary N) is 1. The Kier molecular flexibility index (Phi) is 5.69. The van der Waals surface area contributed by atoms with Crippen molar-refractivity contribution in [1.29, 1.82) is 0 Å². The molecule has 1 aliphatic carbocycles. The van der Waals surface area contributed by atoms with Crippen molar-refractivity contribution in [1.82, 2.24) is 5.16 Å². The molecule has 0 saturated heterocycles. The van der Waals surface area contributed by atoms with Crippen LogP contribution in [0, 0.1) is 5.92 Å². The number of hydrogen-bond acceptors (Lipinski definition) is 7. The van der Waals surface area contributed by atoms with Crippen molar-refractivity contribution in [3.05, 3.63) is 46.0 Å². The maximum Gasteiger partial charge on any atom is 0.278 e. The highest BCUT2D eigenvalue weighted by Gasteiger charge is 2.28. The zero-order chi connectivity index (χ0) is 22.1. The number of rotatable bonds is 6. The molecule has 9 heteroatoms. The molecule has 4 rings (SSSR count). The molecule has 0 saturated carbocycles. The summed E-state index contributed by atoms with van der Waals surface area (Å²) in [5.74, 6) is 1.05. The fraction of sp³-hybridized carbons (Fsp3) is 0.318. The quantitative estimate of drug-likeness (QED) is 0.599. The Bertz CT molecular complexity index is 1150. The van der Waals surface area contributed by atoms with E-state index in [1.54, 1.807) is 32.4 Å². The first kappa shape index (κ1) is 20.9. The van der Waals surface area contributed by atoms with Gasteiger partial charge in [0.2, 0.25) is 0 Å². The van der Waals surface area contributed by atoms with E-state index in [9.17, 15) is 9.59 Å². The molecule has 0 unspecified atom stereocenters. The number of nitrogens with zero attached hydrogens (tertiary/aromatic N) is 1. The van der Waals surface area contributed by atoms with Crippen LogP contribution in [-0.2, 0) is 12.8 Å². The molecule has 2 aromatic heterocycles. The van der Waals surface area contributed by atoms with Crippen LogP contribution in [-0.4, -0.2) is 31.2 Å². The summed E-state index contributed by atoms with van der Waals surface area (Å²) >= 11 is 1.41. The lowest BCUT2D eigenvalue weighted by Crippen LogP contribution is -2.19. The van der Waals surface area contributed by atoms with Gasteiger partial charge in [-0.05, 0) is 48.9 Å². The topological polar surface area (TPSA) is 117 Å². The van der Waals surface area contributed by atoms with E-state index in [-0.39, 0.29) is 5.69 Å². The van der Waals surface area contributed by atoms with Crippen LogP contribution >= 0.6 is 11.3 Å². The van der Waals surface area contributed by atoms with Crippen LogP contribution in [0.15, 0.2) is 28.8 Å². The molecule has 0 bridgehead atoms. The summed E-state index contributed by atoms with van der Waals surface area (Å²) in [5, 5.41) is 7.15. The molecule has 0 radical (unpaired) electrons. The second-order valence-electron chi connectivity index (χ2n) is 7.52. The molecule has 1 aromatic carbocycles. The van der Waals surface area contributed by atoms with E-state index in [0.29, 0.717) is 39.3 Å². The zero-order valence-electron chi connectivity index (χ0n) is 17.5. The number of benzene rings is 1. The van der Waals surface area contributed by atoms with Gasteiger partial charge in [-0.15, -0.1) is 11.3 Å². The van der Waals surface area contributed by atoms with Gasteiger partial charge in [0, 0.05) is 16.5 Å². The normalized spacial score (nSPS) is 15.3. The third kappa shape index (κ3) is 4.00. The molecule has 31 heavy (non-hydrogen) atoms. The maximum absolute atomic E-state index is 12.8. The van der Waals surface area contributed by atoms with Crippen molar-refractivity contribution in [2.75, 3.05) is 19.5 Å². The van der Waals surface area contributed by atoms with Crippen molar-refractivity contribution in [3.63, 3.8) is 0 Å². The number of nitrogens with one attached hydrogen (secondary N) is 1. The number of fused-ring (bicyclic) bond motifs is 1. The van der Waals surface area contributed by atoms with E-state index < -0.39 is 11.8 Å². The molecule has 2 amide bonds. The Morgan fingerprint density at radius 1 is 1.23 bits per heavy atom. The minimum Gasteiger partial charge on any atom is -0.493 e. The van der Waals surface area contributed by atoms with E-state index in [2.05, 4.69) is 17.4 Å². The number of ether oxygens (including phenoxy) is 2. The molecule has 0 aliphatic heterocycles. The number of carbonyl (C=O) groups is 2. The smallest absolute Gasteiger partial charge is 0.278 e. The van der Waals surface area contributed by atoms with Gasteiger partial charge in [0.1, 0.15) is 5.00 Å². The average molecular weight is 442 g/mol. The van der Waals surface area contributed by atoms with Gasteiger partial charge in [-0.25, -0.2) is 0 Å². The third-order valence-electron chi connectivity index (χ3n) is 5.40. The van der Waals surface area contributed by atoms with Gasteiger partial charge < -0.3 is 25.0 Å². The number of anilines is 1. The second kappa shape index (κ2) is 8.43. The lowest BCUT2D eigenvalue weighted by Gasteiger charge is -2.18. The zero-order valence-corrected chi connectivity index (χ0v) is 18.3. The molecule has 0 fully saturated rings. The van der Waals surface area contributed by atoms with Gasteiger partial charge in [-0.2, -0.15) is 0 Å². The average Bonchev–Trinajstić information content (AvgIpc) is 3.37. The van der Waals surface area contributed by atoms with Gasteiger partial charge in [0.25, 0.3) is 11.8 Å². The monoisotopic (exact) mass is 441 g/mol. The molecule has 1 atom stereocenters. The Morgan fingerprint density at radius 3 is 2.71 bits per heavy atom. The Hall–Kier alpha value is -3.33. The Labute approximate surface area is 183 Å². The first-order valence-electron chi connectivity index (χ1n) is 9.86. The molecule has 3 N–H and O–H groups in total. The van der Waals surface area contributed by atoms with Crippen molar-refractivity contribution in [2.24, 2.45) is 11.7 Å². The van der Waals surface area contributed by atoms with Crippen LogP contribution < -0.4 is 20.5 Å². The highest BCUT2D eigenvalue weighted by Crippen LogP contribution is 2.39. The van der Waals surface area contributed by atoms with E-state index in [1.807, 2.05) is 0 Å². The van der Waals surface area contributed by atoms with Gasteiger partial charge in [0.15, 0.2) is 23.0 Å². The van der Waals surface area contributed by atoms with Gasteiger partial charge in [-0.1, -0.05) is 12.1 Å². The molecular weight excluding hydrogens is 418 g/mol. The standard InChI is InChI=1S/C22H23N3O5S/c1-11-4-6-13-18(8-11)31-22(19(13)20(23)26)24-21(27)14-10-16(30-25-14)12-5-7-15(28-2)17(9-12)29-3/h5,7,9-11H,4,6,8H2,1-3H3,(H2,23,26)(H,24,27)/t11-/m0/s1. The molecule has 3 aromatic rings. The minimum absolute atomic E-state index is 0.0972. The predicted molar refractivity (Wildman–Crippen MR) is 117 cm³/mol. The van der Waals surface area contributed by atoms with Gasteiger partial charge in [0.05, 0.1) is 19.8 Å². The van der Waals surface area contributed by atoms with Crippen LogP contribution in [0.1, 0.15) is 44.6 Å². The maximum atomic E-state index is 12.8. The minimum atomic E-state index is -0.534. The van der Waals surface area contributed by atoms with Gasteiger partial charge in [-0.3, -0.25) is 9.59 Å². The third-order valence-corrected chi connectivity index (χ3v) is 6.57. The fourth-order valence-corrected chi connectivity index (χ4v) is 5.19. The van der Waals surface area contributed by atoms with E-state index in [0.717, 1.165) is 29.7 Å². The lowest BCUT2D eigenvalue weighted by atomic mass is 9.88. The lowest BCUT2D eigenvalue weighted by molar-refractivity contribution is 0.1000. The Balaban J connectivity index is 1.59. The number of thiophene rings is 1. The largest absolute Gasteiger partial charge is 0.493 e. The fourth-order valence-electron chi connectivity index (χ4n) is 3.77. The van der Waals surface area contributed by atoms with Crippen LogP contribution in [0.25, 0.3) is 11.3 Å². The molecule has 0 spiro atoms. The highest BCUT2D eigenvalue weighted by atomic mass is 32.1. The molecule has 2 heterocycles. The van der Waals surface area contributed by atoms with E-state index >= 15 is 0 Å². The van der Waals surface area contributed by atoms with Crippen LogP contribution in [0.2, 0.25) is 0 Å². The highest BCUT2D eigenvalue weighted by molar-refractivity contribution is 7.17. The summed E-state index contributed by atoms with van der Waals surface area (Å²) in [6.07, 6.45) is 2.66. The summed E-state index contributed by atoms with van der Waals surface area (Å²) < 4.78 is 15.9. The van der Waals surface area contributed by atoms with Crippen LogP contribution in [0.3, 0.4) is 0 Å². The summed E-state index contributed by atoms with van der Waals surface area (Å²) in [4.78, 5) is 26.0. The molecule has 8 nitrogen and oxygen atoms in total. The Morgan fingerprint density at radius 2 is 2.00 bits per heavy atom. The second-order valence-corrected chi connectivity index (χ2v) is 8.63. The van der Waals surface area contributed by atoms with Gasteiger partial charge >= 0.3 is 0 Å². The predicted octanol–water partition coefficient (Wildman–Crippen LogP) is 3.90. The number of carbonyl (C=O) groups excluding carboxylic acids is 2. The van der Waals surface area contributed by atoms with Crippen molar-refractivity contribution in [2.45, 2.75) is 26.2 Å². The van der Waals surface area contributed by atoms with Crippen molar-refractivity contribution < 1.29 is 23.6 Å². The molecule has 1 aliphatic rings. The number of primary amides is 1. The SMILES string of the molecule is COc1ccc(-c2cc(C(=O)Nc3sc4c(c3C(N)=O)CC[C@H](C)C4)no2)cc1OC. The number of aromatic nitrogens is 1. The summed E-state index contributed by atoms with van der Waals surface area (Å²) in [6.45, 7) is 2.18. The first-order valence-corrected chi connectivity index (χ1v) is 10.7. The van der Waals surface area contributed by atoms with E-state index in [4.69, 9.17) is 19.7 Å². The first-order chi connectivity index (χ1) is 14.9. The van der Waals surface area contributed by atoms with E-state index in [1.165, 1.54) is 17.4 Å². The number of methoxy groups -OCH3 is 2.